The maximum atomic E-state index is 12.0. The minimum atomic E-state index is 0.0724. The van der Waals surface area contributed by atoms with Gasteiger partial charge in [0.1, 0.15) is 0 Å². The lowest BCUT2D eigenvalue weighted by Gasteiger charge is -2.12. The SMILES string of the molecule is CCCCOc1ccc(CNC(=O)CCCc2ccccc2)cc1OC. The molecular weight excluding hydrogens is 326 g/mol. The first-order valence-electron chi connectivity index (χ1n) is 9.33. The molecule has 0 radical (unpaired) electrons. The van der Waals surface area contributed by atoms with Gasteiger partial charge in [-0.3, -0.25) is 4.79 Å². The number of rotatable bonds is 11. The molecule has 2 rings (SSSR count). The van der Waals surface area contributed by atoms with Crippen molar-refractivity contribution in [2.45, 2.75) is 45.6 Å². The van der Waals surface area contributed by atoms with E-state index in [4.69, 9.17) is 9.47 Å². The molecule has 0 unspecified atom stereocenters. The fraction of sp³-hybridized carbons (Fsp3) is 0.409. The van der Waals surface area contributed by atoms with E-state index in [0.29, 0.717) is 25.3 Å². The zero-order valence-corrected chi connectivity index (χ0v) is 15.8. The average Bonchev–Trinajstić information content (AvgIpc) is 2.68. The van der Waals surface area contributed by atoms with Gasteiger partial charge >= 0.3 is 0 Å². The molecule has 1 amide bonds. The lowest BCUT2D eigenvalue weighted by molar-refractivity contribution is -0.121. The van der Waals surface area contributed by atoms with E-state index in [-0.39, 0.29) is 5.91 Å². The van der Waals surface area contributed by atoms with Gasteiger partial charge in [-0.2, -0.15) is 0 Å². The van der Waals surface area contributed by atoms with E-state index in [1.54, 1.807) is 7.11 Å². The molecular formula is C22H29NO3. The molecule has 0 aliphatic carbocycles. The summed E-state index contributed by atoms with van der Waals surface area (Å²) in [6, 6.07) is 16.0. The van der Waals surface area contributed by atoms with E-state index in [2.05, 4.69) is 24.4 Å². The summed E-state index contributed by atoms with van der Waals surface area (Å²) in [5, 5.41) is 2.97. The Morgan fingerprint density at radius 3 is 2.54 bits per heavy atom. The van der Waals surface area contributed by atoms with Gasteiger partial charge in [0.05, 0.1) is 13.7 Å². The number of aryl methyl sites for hydroxylation is 1. The summed E-state index contributed by atoms with van der Waals surface area (Å²) >= 11 is 0. The summed E-state index contributed by atoms with van der Waals surface area (Å²) in [4.78, 5) is 12.0. The Bertz CT molecular complexity index is 670. The van der Waals surface area contributed by atoms with Crippen molar-refractivity contribution in [3.05, 3.63) is 59.7 Å². The van der Waals surface area contributed by atoms with Crippen LogP contribution >= 0.6 is 0 Å². The number of hydrogen-bond acceptors (Lipinski definition) is 3. The fourth-order valence-corrected chi connectivity index (χ4v) is 2.65. The maximum absolute atomic E-state index is 12.0. The van der Waals surface area contributed by atoms with Crippen LogP contribution in [0.25, 0.3) is 0 Å². The van der Waals surface area contributed by atoms with Crippen molar-refractivity contribution >= 4 is 5.91 Å². The van der Waals surface area contributed by atoms with E-state index in [1.807, 2.05) is 36.4 Å². The van der Waals surface area contributed by atoms with Gasteiger partial charge in [-0.1, -0.05) is 49.7 Å². The smallest absolute Gasteiger partial charge is 0.220 e. The van der Waals surface area contributed by atoms with Crippen molar-refractivity contribution in [2.75, 3.05) is 13.7 Å². The Morgan fingerprint density at radius 2 is 1.81 bits per heavy atom. The summed E-state index contributed by atoms with van der Waals surface area (Å²) in [6.45, 7) is 3.31. The molecule has 0 aliphatic heterocycles. The Kier molecular flexibility index (Phi) is 8.53. The molecule has 0 aliphatic rings. The molecule has 1 N–H and O–H groups in total. The van der Waals surface area contributed by atoms with E-state index in [0.717, 1.165) is 37.0 Å². The van der Waals surface area contributed by atoms with Gasteiger partial charge in [-0.15, -0.1) is 0 Å². The molecule has 2 aromatic rings. The predicted octanol–water partition coefficient (Wildman–Crippen LogP) is 4.51. The number of ether oxygens (including phenoxy) is 2. The van der Waals surface area contributed by atoms with Gasteiger partial charge in [-0.25, -0.2) is 0 Å². The molecule has 4 nitrogen and oxygen atoms in total. The number of hydrogen-bond donors (Lipinski definition) is 1. The third-order valence-corrected chi connectivity index (χ3v) is 4.19. The molecule has 0 spiro atoms. The third kappa shape index (κ3) is 6.79. The van der Waals surface area contributed by atoms with E-state index in [9.17, 15) is 4.79 Å². The summed E-state index contributed by atoms with van der Waals surface area (Å²) in [5.41, 5.74) is 2.27. The zero-order valence-electron chi connectivity index (χ0n) is 15.8. The topological polar surface area (TPSA) is 47.6 Å². The molecule has 26 heavy (non-hydrogen) atoms. The minimum Gasteiger partial charge on any atom is -0.493 e. The quantitative estimate of drug-likeness (QED) is 0.603. The first kappa shape index (κ1) is 19.8. The molecule has 0 fully saturated rings. The third-order valence-electron chi connectivity index (χ3n) is 4.19. The molecule has 4 heteroatoms. The van der Waals surface area contributed by atoms with Gasteiger partial charge in [0.15, 0.2) is 11.5 Å². The number of methoxy groups -OCH3 is 1. The van der Waals surface area contributed by atoms with Gasteiger partial charge in [-0.05, 0) is 42.5 Å². The van der Waals surface area contributed by atoms with E-state index >= 15 is 0 Å². The summed E-state index contributed by atoms with van der Waals surface area (Å²) in [5.74, 6) is 1.53. The van der Waals surface area contributed by atoms with Crippen LogP contribution in [0.3, 0.4) is 0 Å². The summed E-state index contributed by atoms with van der Waals surface area (Å²) < 4.78 is 11.1. The number of carbonyl (C=O) groups is 1. The van der Waals surface area contributed by atoms with Crippen LogP contribution in [0.4, 0.5) is 0 Å². The Balaban J connectivity index is 1.76. The molecule has 0 saturated heterocycles. The predicted molar refractivity (Wildman–Crippen MR) is 105 cm³/mol. The van der Waals surface area contributed by atoms with Crippen LogP contribution in [-0.2, 0) is 17.8 Å². The van der Waals surface area contributed by atoms with Crippen LogP contribution in [-0.4, -0.2) is 19.6 Å². The highest BCUT2D eigenvalue weighted by Gasteiger charge is 2.07. The Morgan fingerprint density at radius 1 is 1.00 bits per heavy atom. The largest absolute Gasteiger partial charge is 0.493 e. The molecule has 0 heterocycles. The second-order valence-corrected chi connectivity index (χ2v) is 6.30. The maximum Gasteiger partial charge on any atom is 0.220 e. The highest BCUT2D eigenvalue weighted by molar-refractivity contribution is 5.75. The lowest BCUT2D eigenvalue weighted by Crippen LogP contribution is -2.22. The number of amides is 1. The minimum absolute atomic E-state index is 0.0724. The van der Waals surface area contributed by atoms with E-state index < -0.39 is 0 Å². The zero-order chi connectivity index (χ0) is 18.6. The van der Waals surface area contributed by atoms with E-state index in [1.165, 1.54) is 5.56 Å². The fourth-order valence-electron chi connectivity index (χ4n) is 2.65. The number of unbranched alkanes of at least 4 members (excludes halogenated alkanes) is 1. The number of carbonyl (C=O) groups excluding carboxylic acids is 1. The monoisotopic (exact) mass is 355 g/mol. The first-order chi connectivity index (χ1) is 12.7. The highest BCUT2D eigenvalue weighted by Crippen LogP contribution is 2.28. The lowest BCUT2D eigenvalue weighted by atomic mass is 10.1. The highest BCUT2D eigenvalue weighted by atomic mass is 16.5. The van der Waals surface area contributed by atoms with Crippen LogP contribution in [0.1, 0.15) is 43.7 Å². The van der Waals surface area contributed by atoms with Gasteiger partial charge in [0.25, 0.3) is 0 Å². The summed E-state index contributed by atoms with van der Waals surface area (Å²) in [7, 11) is 1.63. The van der Waals surface area contributed by atoms with Crippen molar-refractivity contribution in [1.82, 2.24) is 5.32 Å². The van der Waals surface area contributed by atoms with Crippen molar-refractivity contribution in [3.63, 3.8) is 0 Å². The van der Waals surface area contributed by atoms with Crippen LogP contribution in [0.2, 0.25) is 0 Å². The second kappa shape index (κ2) is 11.2. The molecule has 2 aromatic carbocycles. The second-order valence-electron chi connectivity index (χ2n) is 6.30. The van der Waals surface area contributed by atoms with Crippen LogP contribution in [0, 0.1) is 0 Å². The van der Waals surface area contributed by atoms with Crippen LogP contribution in [0.15, 0.2) is 48.5 Å². The Hall–Kier alpha value is -2.49. The molecule has 140 valence electrons. The van der Waals surface area contributed by atoms with Crippen molar-refractivity contribution in [3.8, 4) is 11.5 Å². The molecule has 0 atom stereocenters. The molecule has 0 bridgehead atoms. The van der Waals surface area contributed by atoms with Gasteiger partial charge in [0.2, 0.25) is 5.91 Å². The van der Waals surface area contributed by atoms with Crippen molar-refractivity contribution in [1.29, 1.82) is 0 Å². The van der Waals surface area contributed by atoms with Crippen molar-refractivity contribution in [2.24, 2.45) is 0 Å². The van der Waals surface area contributed by atoms with Gasteiger partial charge in [0, 0.05) is 13.0 Å². The van der Waals surface area contributed by atoms with Crippen molar-refractivity contribution < 1.29 is 14.3 Å². The van der Waals surface area contributed by atoms with Gasteiger partial charge < -0.3 is 14.8 Å². The van der Waals surface area contributed by atoms with Crippen LogP contribution in [0.5, 0.6) is 11.5 Å². The average molecular weight is 355 g/mol. The normalized spacial score (nSPS) is 10.4. The Labute approximate surface area is 156 Å². The first-order valence-corrected chi connectivity index (χ1v) is 9.33. The molecule has 0 saturated carbocycles. The number of benzene rings is 2. The van der Waals surface area contributed by atoms with Crippen LogP contribution < -0.4 is 14.8 Å². The molecule has 0 aromatic heterocycles. The number of nitrogens with one attached hydrogen (secondary N) is 1. The standard InChI is InChI=1S/C22H29NO3/c1-3-4-15-26-20-14-13-19(16-21(20)25-2)17-23-22(24)12-8-11-18-9-6-5-7-10-18/h5-7,9-10,13-14,16H,3-4,8,11-12,15,17H2,1-2H3,(H,23,24). The summed E-state index contributed by atoms with van der Waals surface area (Å²) in [6.07, 6.45) is 4.42.